The van der Waals surface area contributed by atoms with Crippen molar-refractivity contribution in [1.82, 2.24) is 4.90 Å². The molecule has 1 aliphatic rings. The van der Waals surface area contributed by atoms with Gasteiger partial charge >= 0.3 is 5.97 Å². The van der Waals surface area contributed by atoms with Crippen molar-refractivity contribution in [3.63, 3.8) is 0 Å². The molecule has 0 aromatic carbocycles. The molecule has 18 heavy (non-hydrogen) atoms. The minimum atomic E-state index is -0.758. The first kappa shape index (κ1) is 14.4. The predicted molar refractivity (Wildman–Crippen MR) is 65.6 cm³/mol. The maximum Gasteiger partial charge on any atom is 0.329 e. The Kier molecular flexibility index (Phi) is 5.55. The molecular weight excluding hydrogens is 234 g/mol. The summed E-state index contributed by atoms with van der Waals surface area (Å²) >= 11 is 0. The maximum absolute atomic E-state index is 11.9. The molecule has 0 aliphatic carbocycles. The maximum atomic E-state index is 11.9. The van der Waals surface area contributed by atoms with E-state index in [0.717, 1.165) is 24.2 Å². The van der Waals surface area contributed by atoms with Gasteiger partial charge in [-0.25, -0.2) is 4.79 Å². The van der Waals surface area contributed by atoms with Crippen LogP contribution in [-0.2, 0) is 19.1 Å². The zero-order chi connectivity index (χ0) is 13.5. The molecule has 1 fully saturated rings. The van der Waals surface area contributed by atoms with Crippen molar-refractivity contribution in [3.05, 3.63) is 12.2 Å². The van der Waals surface area contributed by atoms with Gasteiger partial charge in [0.25, 0.3) is 5.91 Å². The standard InChI is InChI=1S/C13H19NO4/c1-3-4-5-6-7-11(15)14-10(13(17)18-2)8-9-12(14)16/h6-7,10H,3-5,8-9H2,1-2H3/b7-6+/t10-/m0/s1. The highest BCUT2D eigenvalue weighted by Crippen LogP contribution is 2.20. The zero-order valence-electron chi connectivity index (χ0n) is 10.8. The quantitative estimate of drug-likeness (QED) is 0.422. The Balaban J connectivity index is 2.66. The molecule has 100 valence electrons. The normalized spacial score (nSPS) is 19.6. The van der Waals surface area contributed by atoms with Crippen LogP contribution in [0.15, 0.2) is 12.2 Å². The van der Waals surface area contributed by atoms with Gasteiger partial charge in [0.2, 0.25) is 5.91 Å². The Hall–Kier alpha value is -1.65. The Labute approximate surface area is 107 Å². The summed E-state index contributed by atoms with van der Waals surface area (Å²) < 4.78 is 4.60. The molecule has 0 aromatic rings. The summed E-state index contributed by atoms with van der Waals surface area (Å²) in [5.41, 5.74) is 0. The average molecular weight is 253 g/mol. The van der Waals surface area contributed by atoms with Crippen LogP contribution in [-0.4, -0.2) is 35.8 Å². The van der Waals surface area contributed by atoms with Gasteiger partial charge in [-0.1, -0.05) is 25.8 Å². The molecule has 0 spiro atoms. The number of ether oxygens (including phenoxy) is 1. The van der Waals surface area contributed by atoms with Crippen LogP contribution in [0.1, 0.15) is 39.0 Å². The smallest absolute Gasteiger partial charge is 0.329 e. The van der Waals surface area contributed by atoms with Gasteiger partial charge in [-0.2, -0.15) is 0 Å². The largest absolute Gasteiger partial charge is 0.467 e. The van der Waals surface area contributed by atoms with Crippen molar-refractivity contribution < 1.29 is 19.1 Å². The second-order valence-electron chi connectivity index (χ2n) is 4.22. The molecule has 1 rings (SSSR count). The average Bonchev–Trinajstić information content (AvgIpc) is 2.75. The van der Waals surface area contributed by atoms with E-state index in [-0.39, 0.29) is 12.3 Å². The summed E-state index contributed by atoms with van der Waals surface area (Å²) in [7, 11) is 1.25. The summed E-state index contributed by atoms with van der Waals surface area (Å²) in [5, 5.41) is 0. The minimum Gasteiger partial charge on any atom is -0.467 e. The van der Waals surface area contributed by atoms with E-state index in [9.17, 15) is 14.4 Å². The van der Waals surface area contributed by atoms with Crippen LogP contribution in [0.4, 0.5) is 0 Å². The number of carbonyl (C=O) groups is 3. The highest BCUT2D eigenvalue weighted by atomic mass is 16.5. The Bertz CT molecular complexity index is 362. The first-order chi connectivity index (χ1) is 8.61. The van der Waals surface area contributed by atoms with Crippen LogP contribution in [0.3, 0.4) is 0 Å². The second kappa shape index (κ2) is 6.93. The van der Waals surface area contributed by atoms with E-state index >= 15 is 0 Å². The molecule has 0 saturated carbocycles. The lowest BCUT2D eigenvalue weighted by atomic mass is 10.2. The Morgan fingerprint density at radius 3 is 2.83 bits per heavy atom. The van der Waals surface area contributed by atoms with E-state index in [0.29, 0.717) is 6.42 Å². The highest BCUT2D eigenvalue weighted by Gasteiger charge is 2.39. The molecule has 5 heteroatoms. The lowest BCUT2D eigenvalue weighted by Gasteiger charge is -2.19. The number of likely N-dealkylation sites (tertiary alicyclic amines) is 1. The third-order valence-electron chi connectivity index (χ3n) is 2.91. The molecule has 1 saturated heterocycles. The van der Waals surface area contributed by atoms with Gasteiger partial charge in [0, 0.05) is 6.42 Å². The molecular formula is C13H19NO4. The summed E-state index contributed by atoms with van der Waals surface area (Å²) in [4.78, 5) is 35.9. The van der Waals surface area contributed by atoms with Crippen LogP contribution in [0, 0.1) is 0 Å². The number of imide groups is 1. The van der Waals surface area contributed by atoms with Gasteiger partial charge in [-0.05, 0) is 18.9 Å². The van der Waals surface area contributed by atoms with Gasteiger partial charge in [-0.3, -0.25) is 14.5 Å². The summed E-state index contributed by atoms with van der Waals surface area (Å²) in [6, 6.07) is -0.758. The predicted octanol–water partition coefficient (Wildman–Crippen LogP) is 1.42. The number of hydrogen-bond donors (Lipinski definition) is 0. The number of nitrogens with zero attached hydrogens (tertiary/aromatic N) is 1. The number of allylic oxidation sites excluding steroid dienone is 1. The number of unbranched alkanes of at least 4 members (excludes halogenated alkanes) is 2. The molecule has 0 bridgehead atoms. The first-order valence-electron chi connectivity index (χ1n) is 6.22. The van der Waals surface area contributed by atoms with Gasteiger partial charge in [-0.15, -0.1) is 0 Å². The van der Waals surface area contributed by atoms with Crippen molar-refractivity contribution in [2.75, 3.05) is 7.11 Å². The summed E-state index contributed by atoms with van der Waals surface area (Å²) in [6.07, 6.45) is 6.52. The third-order valence-corrected chi connectivity index (χ3v) is 2.91. The second-order valence-corrected chi connectivity index (χ2v) is 4.22. The fraction of sp³-hybridized carbons (Fsp3) is 0.615. The molecule has 0 unspecified atom stereocenters. The fourth-order valence-electron chi connectivity index (χ4n) is 1.91. The van der Waals surface area contributed by atoms with Gasteiger partial charge < -0.3 is 4.74 Å². The zero-order valence-corrected chi connectivity index (χ0v) is 10.8. The highest BCUT2D eigenvalue weighted by molar-refractivity contribution is 6.05. The van der Waals surface area contributed by atoms with Gasteiger partial charge in [0.15, 0.2) is 0 Å². The van der Waals surface area contributed by atoms with Crippen LogP contribution < -0.4 is 0 Å². The van der Waals surface area contributed by atoms with Crippen molar-refractivity contribution in [2.24, 2.45) is 0 Å². The molecule has 2 amide bonds. The molecule has 1 heterocycles. The fourth-order valence-corrected chi connectivity index (χ4v) is 1.91. The van der Waals surface area contributed by atoms with Gasteiger partial charge in [0.1, 0.15) is 6.04 Å². The number of hydrogen-bond acceptors (Lipinski definition) is 4. The molecule has 0 radical (unpaired) electrons. The van der Waals surface area contributed by atoms with E-state index in [1.54, 1.807) is 6.08 Å². The topological polar surface area (TPSA) is 63.7 Å². The van der Waals surface area contributed by atoms with Crippen molar-refractivity contribution >= 4 is 17.8 Å². The van der Waals surface area contributed by atoms with Crippen molar-refractivity contribution in [1.29, 1.82) is 0 Å². The number of esters is 1. The first-order valence-corrected chi connectivity index (χ1v) is 6.22. The van der Waals surface area contributed by atoms with Crippen LogP contribution in [0.2, 0.25) is 0 Å². The number of amides is 2. The van der Waals surface area contributed by atoms with Crippen molar-refractivity contribution in [3.8, 4) is 0 Å². The minimum absolute atomic E-state index is 0.217. The van der Waals surface area contributed by atoms with Crippen molar-refractivity contribution in [2.45, 2.75) is 45.1 Å². The monoisotopic (exact) mass is 253 g/mol. The van der Waals surface area contributed by atoms with E-state index in [4.69, 9.17) is 0 Å². The summed E-state index contributed by atoms with van der Waals surface area (Å²) in [6.45, 7) is 2.06. The van der Waals surface area contributed by atoms with E-state index in [1.807, 2.05) is 0 Å². The van der Waals surface area contributed by atoms with E-state index in [1.165, 1.54) is 13.2 Å². The molecule has 0 N–H and O–H groups in total. The summed E-state index contributed by atoms with van der Waals surface area (Å²) in [5.74, 6) is -1.27. The van der Waals surface area contributed by atoms with E-state index < -0.39 is 17.9 Å². The molecule has 5 nitrogen and oxygen atoms in total. The Morgan fingerprint density at radius 2 is 2.22 bits per heavy atom. The van der Waals surface area contributed by atoms with Crippen LogP contribution in [0.25, 0.3) is 0 Å². The lowest BCUT2D eigenvalue weighted by Crippen LogP contribution is -2.42. The molecule has 1 aliphatic heterocycles. The SMILES string of the molecule is CCCC/C=C/C(=O)N1C(=O)CC[C@H]1C(=O)OC. The lowest BCUT2D eigenvalue weighted by molar-refractivity contribution is -0.154. The number of carbonyl (C=O) groups excluding carboxylic acids is 3. The Morgan fingerprint density at radius 1 is 1.50 bits per heavy atom. The van der Waals surface area contributed by atoms with E-state index in [2.05, 4.69) is 11.7 Å². The van der Waals surface area contributed by atoms with Gasteiger partial charge in [0.05, 0.1) is 7.11 Å². The van der Waals surface area contributed by atoms with Crippen LogP contribution >= 0.6 is 0 Å². The number of rotatable bonds is 5. The number of methoxy groups -OCH3 is 1. The van der Waals surface area contributed by atoms with Crippen LogP contribution in [0.5, 0.6) is 0 Å². The molecule has 1 atom stereocenters. The molecule has 0 aromatic heterocycles. The third kappa shape index (κ3) is 3.42.